The molecule has 0 heterocycles. The van der Waals surface area contributed by atoms with Crippen molar-refractivity contribution in [2.24, 2.45) is 5.73 Å². The minimum absolute atomic E-state index is 0.538. The Labute approximate surface area is 117 Å². The van der Waals surface area contributed by atoms with Gasteiger partial charge in [0.1, 0.15) is 0 Å². The summed E-state index contributed by atoms with van der Waals surface area (Å²) in [6.07, 6.45) is 0. The van der Waals surface area contributed by atoms with Crippen molar-refractivity contribution < 1.29 is 0 Å². The Bertz CT molecular complexity index is 511. The first kappa shape index (κ1) is 13.1. The molecule has 0 fully saturated rings. The molecule has 0 aliphatic carbocycles. The third-order valence-electron chi connectivity index (χ3n) is 2.97. The molecule has 2 N–H and O–H groups in total. The Morgan fingerprint density at radius 2 is 1.78 bits per heavy atom. The van der Waals surface area contributed by atoms with Gasteiger partial charge in [-0.25, -0.2) is 0 Å². The number of halogens is 1. The van der Waals surface area contributed by atoms with Crippen LogP contribution in [0.2, 0.25) is 0 Å². The van der Waals surface area contributed by atoms with E-state index in [-0.39, 0.29) is 0 Å². The van der Waals surface area contributed by atoms with Crippen LogP contribution >= 0.6 is 15.9 Å². The number of anilines is 1. The minimum Gasteiger partial charge on any atom is -0.370 e. The highest BCUT2D eigenvalue weighted by Gasteiger charge is 2.09. The number of hydrogen-bond donors (Lipinski definition) is 1. The summed E-state index contributed by atoms with van der Waals surface area (Å²) in [7, 11) is 2.09. The maximum atomic E-state index is 5.83. The van der Waals surface area contributed by atoms with Crippen LogP contribution in [0.1, 0.15) is 11.1 Å². The quantitative estimate of drug-likeness (QED) is 0.936. The highest BCUT2D eigenvalue weighted by atomic mass is 79.9. The predicted octanol–water partition coefficient (Wildman–Crippen LogP) is 3.54. The summed E-state index contributed by atoms with van der Waals surface area (Å²) in [5.74, 6) is 0. The first-order valence-corrected chi connectivity index (χ1v) is 6.74. The number of nitrogens with zero attached hydrogens (tertiary/aromatic N) is 1. The molecular weight excluding hydrogens is 288 g/mol. The second-order valence-corrected chi connectivity index (χ2v) is 5.14. The van der Waals surface area contributed by atoms with Gasteiger partial charge in [0, 0.05) is 35.9 Å². The molecule has 3 heteroatoms. The molecule has 0 spiro atoms. The molecule has 94 valence electrons. The lowest BCUT2D eigenvalue weighted by atomic mass is 10.1. The number of rotatable bonds is 4. The summed E-state index contributed by atoms with van der Waals surface area (Å²) in [5, 5.41) is 0. The van der Waals surface area contributed by atoms with E-state index >= 15 is 0 Å². The normalized spacial score (nSPS) is 10.4. The van der Waals surface area contributed by atoms with Crippen molar-refractivity contribution in [2.45, 2.75) is 13.1 Å². The van der Waals surface area contributed by atoms with Crippen LogP contribution in [0.4, 0.5) is 5.69 Å². The molecule has 0 aliphatic heterocycles. The van der Waals surface area contributed by atoms with E-state index in [1.54, 1.807) is 0 Å². The van der Waals surface area contributed by atoms with Gasteiger partial charge in [-0.3, -0.25) is 0 Å². The molecule has 18 heavy (non-hydrogen) atoms. The largest absolute Gasteiger partial charge is 0.370 e. The van der Waals surface area contributed by atoms with Crippen LogP contribution in [-0.2, 0) is 13.1 Å². The Morgan fingerprint density at radius 1 is 1.06 bits per heavy atom. The van der Waals surface area contributed by atoms with Crippen LogP contribution in [0.25, 0.3) is 0 Å². The van der Waals surface area contributed by atoms with Crippen LogP contribution in [0.3, 0.4) is 0 Å². The van der Waals surface area contributed by atoms with E-state index in [9.17, 15) is 0 Å². The van der Waals surface area contributed by atoms with Crippen molar-refractivity contribution in [3.05, 3.63) is 64.1 Å². The van der Waals surface area contributed by atoms with Crippen molar-refractivity contribution >= 4 is 21.6 Å². The second kappa shape index (κ2) is 6.03. The maximum Gasteiger partial charge on any atom is 0.0426 e. The van der Waals surface area contributed by atoms with Gasteiger partial charge in [-0.15, -0.1) is 0 Å². The highest BCUT2D eigenvalue weighted by molar-refractivity contribution is 9.10. The number of benzene rings is 2. The molecule has 0 saturated carbocycles. The summed E-state index contributed by atoms with van der Waals surface area (Å²) in [5.41, 5.74) is 9.45. The first-order chi connectivity index (χ1) is 8.72. The van der Waals surface area contributed by atoms with Crippen molar-refractivity contribution in [2.75, 3.05) is 11.9 Å². The van der Waals surface area contributed by atoms with Gasteiger partial charge in [0.25, 0.3) is 0 Å². The molecule has 0 aromatic heterocycles. The van der Waals surface area contributed by atoms with Gasteiger partial charge in [0.15, 0.2) is 0 Å². The fourth-order valence-electron chi connectivity index (χ4n) is 2.05. The molecular formula is C15H17BrN2. The molecule has 2 aromatic carbocycles. The predicted molar refractivity (Wildman–Crippen MR) is 80.6 cm³/mol. The zero-order chi connectivity index (χ0) is 13.0. The van der Waals surface area contributed by atoms with Gasteiger partial charge < -0.3 is 10.6 Å². The van der Waals surface area contributed by atoms with E-state index in [2.05, 4.69) is 58.2 Å². The minimum atomic E-state index is 0.538. The van der Waals surface area contributed by atoms with Gasteiger partial charge in [0.05, 0.1) is 0 Å². The Balaban J connectivity index is 2.24. The Hall–Kier alpha value is -1.32. The van der Waals surface area contributed by atoms with Crippen molar-refractivity contribution in [1.82, 2.24) is 0 Å². The van der Waals surface area contributed by atoms with E-state index in [1.807, 2.05) is 18.2 Å². The lowest BCUT2D eigenvalue weighted by molar-refractivity contribution is 0.902. The fraction of sp³-hybridized carbons (Fsp3) is 0.200. The molecule has 0 bridgehead atoms. The van der Waals surface area contributed by atoms with Crippen molar-refractivity contribution in [1.29, 1.82) is 0 Å². The molecule has 0 aliphatic rings. The molecule has 2 rings (SSSR count). The number of nitrogens with two attached hydrogens (primary N) is 1. The summed E-state index contributed by atoms with van der Waals surface area (Å²) in [6, 6.07) is 16.6. The van der Waals surface area contributed by atoms with Crippen molar-refractivity contribution in [3.8, 4) is 0 Å². The van der Waals surface area contributed by atoms with Gasteiger partial charge in [-0.2, -0.15) is 0 Å². The highest BCUT2D eigenvalue weighted by Crippen LogP contribution is 2.27. The van der Waals surface area contributed by atoms with E-state index in [4.69, 9.17) is 5.73 Å². The second-order valence-electron chi connectivity index (χ2n) is 4.28. The SMILES string of the molecule is CN(Cc1ccccc1)c1cccc(Br)c1CN. The van der Waals surface area contributed by atoms with Gasteiger partial charge in [0.2, 0.25) is 0 Å². The topological polar surface area (TPSA) is 29.3 Å². The molecule has 0 radical (unpaired) electrons. The van der Waals surface area contributed by atoms with Crippen LogP contribution in [0.5, 0.6) is 0 Å². The molecule has 0 unspecified atom stereocenters. The average molecular weight is 305 g/mol. The smallest absolute Gasteiger partial charge is 0.0426 e. The molecule has 0 amide bonds. The van der Waals surface area contributed by atoms with Gasteiger partial charge >= 0.3 is 0 Å². The first-order valence-electron chi connectivity index (χ1n) is 5.95. The van der Waals surface area contributed by atoms with E-state index in [0.717, 1.165) is 16.6 Å². The lowest BCUT2D eigenvalue weighted by Gasteiger charge is -2.23. The zero-order valence-electron chi connectivity index (χ0n) is 10.4. The third kappa shape index (κ3) is 2.92. The molecule has 0 saturated heterocycles. The molecule has 0 atom stereocenters. The molecule has 2 aromatic rings. The average Bonchev–Trinajstić information content (AvgIpc) is 2.39. The van der Waals surface area contributed by atoms with Crippen LogP contribution in [-0.4, -0.2) is 7.05 Å². The van der Waals surface area contributed by atoms with E-state index in [0.29, 0.717) is 6.54 Å². The third-order valence-corrected chi connectivity index (χ3v) is 3.72. The van der Waals surface area contributed by atoms with Crippen LogP contribution < -0.4 is 10.6 Å². The maximum absolute atomic E-state index is 5.83. The summed E-state index contributed by atoms with van der Waals surface area (Å²) < 4.78 is 1.07. The Kier molecular flexibility index (Phi) is 4.39. The standard InChI is InChI=1S/C15H17BrN2/c1-18(11-12-6-3-2-4-7-12)15-9-5-8-14(16)13(15)10-17/h2-9H,10-11,17H2,1H3. The van der Waals surface area contributed by atoms with E-state index < -0.39 is 0 Å². The Morgan fingerprint density at radius 3 is 2.44 bits per heavy atom. The monoisotopic (exact) mass is 304 g/mol. The van der Waals surface area contributed by atoms with Crippen LogP contribution in [0.15, 0.2) is 53.0 Å². The van der Waals surface area contributed by atoms with Gasteiger partial charge in [-0.1, -0.05) is 52.3 Å². The summed E-state index contributed by atoms with van der Waals surface area (Å²) in [4.78, 5) is 2.22. The lowest BCUT2D eigenvalue weighted by Crippen LogP contribution is -2.19. The van der Waals surface area contributed by atoms with Crippen LogP contribution in [0, 0.1) is 0 Å². The zero-order valence-corrected chi connectivity index (χ0v) is 12.0. The molecule has 2 nitrogen and oxygen atoms in total. The summed E-state index contributed by atoms with van der Waals surface area (Å²) in [6.45, 7) is 1.42. The fourth-order valence-corrected chi connectivity index (χ4v) is 2.57. The number of hydrogen-bond acceptors (Lipinski definition) is 2. The van der Waals surface area contributed by atoms with Gasteiger partial charge in [-0.05, 0) is 17.7 Å². The van der Waals surface area contributed by atoms with Crippen molar-refractivity contribution in [3.63, 3.8) is 0 Å². The van der Waals surface area contributed by atoms with E-state index in [1.165, 1.54) is 11.3 Å². The summed E-state index contributed by atoms with van der Waals surface area (Å²) >= 11 is 3.55.